The molecule has 3 heteroatoms. The number of hydrogen-bond acceptors (Lipinski definition) is 2. The van der Waals surface area contributed by atoms with Gasteiger partial charge in [-0.3, -0.25) is 0 Å². The van der Waals surface area contributed by atoms with Crippen molar-refractivity contribution in [3.05, 3.63) is 64.7 Å². The quantitative estimate of drug-likeness (QED) is 0.884. The Morgan fingerprint density at radius 3 is 2.57 bits per heavy atom. The third-order valence-electron chi connectivity index (χ3n) is 4.26. The van der Waals surface area contributed by atoms with Gasteiger partial charge in [0.25, 0.3) is 0 Å². The molecule has 1 aliphatic rings. The third-order valence-corrected chi connectivity index (χ3v) is 4.62. The molecule has 110 valence electrons. The Morgan fingerprint density at radius 2 is 1.81 bits per heavy atom. The third kappa shape index (κ3) is 3.22. The zero-order valence-electron chi connectivity index (χ0n) is 12.2. The van der Waals surface area contributed by atoms with Crippen molar-refractivity contribution in [1.82, 2.24) is 5.32 Å². The number of ether oxygens (including phenoxy) is 1. The largest absolute Gasteiger partial charge is 0.496 e. The fourth-order valence-electron chi connectivity index (χ4n) is 2.94. The lowest BCUT2D eigenvalue weighted by atomic mass is 9.75. The van der Waals surface area contributed by atoms with E-state index in [-0.39, 0.29) is 0 Å². The minimum atomic E-state index is 0.566. The van der Waals surface area contributed by atoms with Gasteiger partial charge in [-0.15, -0.1) is 0 Å². The summed E-state index contributed by atoms with van der Waals surface area (Å²) in [6, 6.07) is 16.9. The van der Waals surface area contributed by atoms with Crippen LogP contribution in [0, 0.1) is 0 Å². The van der Waals surface area contributed by atoms with Crippen LogP contribution < -0.4 is 10.1 Å². The molecule has 2 aromatic rings. The minimum absolute atomic E-state index is 0.566. The Hall–Kier alpha value is -1.51. The molecule has 1 aliphatic carbocycles. The molecule has 0 amide bonds. The molecular formula is C18H20ClNO. The van der Waals surface area contributed by atoms with E-state index in [1.807, 2.05) is 30.3 Å². The second-order valence-corrected chi connectivity index (χ2v) is 5.99. The van der Waals surface area contributed by atoms with E-state index < -0.39 is 0 Å². The molecule has 0 radical (unpaired) electrons. The molecule has 3 rings (SSSR count). The Labute approximate surface area is 131 Å². The number of nitrogens with one attached hydrogen (secondary N) is 1. The zero-order chi connectivity index (χ0) is 14.7. The van der Waals surface area contributed by atoms with Gasteiger partial charge in [0, 0.05) is 17.6 Å². The summed E-state index contributed by atoms with van der Waals surface area (Å²) >= 11 is 6.18. The van der Waals surface area contributed by atoms with Gasteiger partial charge in [-0.1, -0.05) is 48.0 Å². The molecule has 0 spiro atoms. The molecule has 0 atom stereocenters. The van der Waals surface area contributed by atoms with Crippen LogP contribution in [-0.2, 0) is 6.54 Å². The van der Waals surface area contributed by atoms with E-state index >= 15 is 0 Å². The molecule has 1 fully saturated rings. The van der Waals surface area contributed by atoms with Crippen LogP contribution in [0.4, 0.5) is 0 Å². The molecule has 2 nitrogen and oxygen atoms in total. The molecular weight excluding hydrogens is 282 g/mol. The zero-order valence-corrected chi connectivity index (χ0v) is 12.9. The van der Waals surface area contributed by atoms with E-state index in [9.17, 15) is 0 Å². The summed E-state index contributed by atoms with van der Waals surface area (Å²) in [7, 11) is 1.74. The van der Waals surface area contributed by atoms with Crippen molar-refractivity contribution in [3.8, 4) is 5.75 Å². The van der Waals surface area contributed by atoms with Gasteiger partial charge >= 0.3 is 0 Å². The molecule has 1 saturated carbocycles. The van der Waals surface area contributed by atoms with Crippen LogP contribution in [0.5, 0.6) is 5.75 Å². The van der Waals surface area contributed by atoms with Gasteiger partial charge in [0.2, 0.25) is 0 Å². The maximum Gasteiger partial charge on any atom is 0.122 e. The summed E-state index contributed by atoms with van der Waals surface area (Å²) < 4.78 is 5.44. The molecule has 0 heterocycles. The lowest BCUT2D eigenvalue weighted by molar-refractivity contribution is 0.282. The van der Waals surface area contributed by atoms with Gasteiger partial charge in [0.05, 0.1) is 7.11 Å². The maximum absolute atomic E-state index is 6.18. The summed E-state index contributed by atoms with van der Waals surface area (Å²) in [4.78, 5) is 0. The first-order chi connectivity index (χ1) is 10.3. The van der Waals surface area contributed by atoms with Crippen molar-refractivity contribution in [2.45, 2.75) is 31.3 Å². The van der Waals surface area contributed by atoms with Gasteiger partial charge in [-0.25, -0.2) is 0 Å². The van der Waals surface area contributed by atoms with E-state index in [2.05, 4.69) is 23.5 Å². The summed E-state index contributed by atoms with van der Waals surface area (Å²) in [5.41, 5.74) is 2.50. The fourth-order valence-corrected chi connectivity index (χ4v) is 3.14. The molecule has 0 unspecified atom stereocenters. The van der Waals surface area contributed by atoms with Gasteiger partial charge < -0.3 is 10.1 Å². The fraction of sp³-hybridized carbons (Fsp3) is 0.333. The van der Waals surface area contributed by atoms with Crippen LogP contribution in [0.25, 0.3) is 0 Å². The van der Waals surface area contributed by atoms with Crippen LogP contribution in [0.1, 0.15) is 29.9 Å². The van der Waals surface area contributed by atoms with Crippen LogP contribution in [0.3, 0.4) is 0 Å². The Bertz CT molecular complexity index is 608. The first-order valence-electron chi connectivity index (χ1n) is 7.37. The first kappa shape index (κ1) is 14.4. The smallest absolute Gasteiger partial charge is 0.122 e. The standard InChI is InChI=1S/C18H20ClNO/c1-21-18-9-5-3-7-16(18)14-10-15(11-14)20-12-13-6-2-4-8-17(13)19/h2-9,14-15,20H,10-12H2,1H3. The van der Waals surface area contributed by atoms with Crippen molar-refractivity contribution in [3.63, 3.8) is 0 Å². The maximum atomic E-state index is 6.18. The predicted octanol–water partition coefficient (Wildman–Crippen LogP) is 4.38. The second kappa shape index (κ2) is 6.50. The van der Waals surface area contributed by atoms with E-state index in [0.29, 0.717) is 12.0 Å². The lowest BCUT2D eigenvalue weighted by Crippen LogP contribution is -2.39. The average Bonchev–Trinajstić information content (AvgIpc) is 2.48. The van der Waals surface area contributed by atoms with Crippen LogP contribution >= 0.6 is 11.6 Å². The normalized spacial score (nSPS) is 20.9. The number of benzene rings is 2. The molecule has 0 aromatic heterocycles. The van der Waals surface area contributed by atoms with Crippen LogP contribution in [0.15, 0.2) is 48.5 Å². The number of rotatable bonds is 5. The monoisotopic (exact) mass is 301 g/mol. The summed E-state index contributed by atoms with van der Waals surface area (Å²) in [6.07, 6.45) is 2.32. The van der Waals surface area contributed by atoms with Crippen LogP contribution in [0.2, 0.25) is 5.02 Å². The lowest BCUT2D eigenvalue weighted by Gasteiger charge is -2.37. The second-order valence-electron chi connectivity index (χ2n) is 5.58. The van der Waals surface area contributed by atoms with Crippen molar-refractivity contribution < 1.29 is 4.74 Å². The van der Waals surface area contributed by atoms with Crippen molar-refractivity contribution in [2.75, 3.05) is 7.11 Å². The predicted molar refractivity (Wildman–Crippen MR) is 87.0 cm³/mol. The molecule has 0 aliphatic heterocycles. The minimum Gasteiger partial charge on any atom is -0.496 e. The Balaban J connectivity index is 1.53. The molecule has 0 bridgehead atoms. The van der Waals surface area contributed by atoms with Gasteiger partial charge in [0.1, 0.15) is 5.75 Å². The highest BCUT2D eigenvalue weighted by Gasteiger charge is 2.31. The van der Waals surface area contributed by atoms with E-state index in [4.69, 9.17) is 16.3 Å². The number of para-hydroxylation sites is 1. The van der Waals surface area contributed by atoms with E-state index in [1.165, 1.54) is 11.1 Å². The highest BCUT2D eigenvalue weighted by atomic mass is 35.5. The first-order valence-corrected chi connectivity index (χ1v) is 7.75. The topological polar surface area (TPSA) is 21.3 Å². The highest BCUT2D eigenvalue weighted by molar-refractivity contribution is 6.31. The average molecular weight is 302 g/mol. The molecule has 21 heavy (non-hydrogen) atoms. The Kier molecular flexibility index (Phi) is 4.47. The summed E-state index contributed by atoms with van der Waals surface area (Å²) in [5.74, 6) is 1.61. The van der Waals surface area contributed by atoms with E-state index in [1.54, 1.807) is 7.11 Å². The van der Waals surface area contributed by atoms with E-state index in [0.717, 1.165) is 30.2 Å². The Morgan fingerprint density at radius 1 is 1.10 bits per heavy atom. The van der Waals surface area contributed by atoms with Crippen molar-refractivity contribution in [1.29, 1.82) is 0 Å². The molecule has 2 aromatic carbocycles. The van der Waals surface area contributed by atoms with Crippen molar-refractivity contribution in [2.24, 2.45) is 0 Å². The summed E-state index contributed by atoms with van der Waals surface area (Å²) in [6.45, 7) is 0.836. The summed E-state index contributed by atoms with van der Waals surface area (Å²) in [5, 5.41) is 4.43. The highest BCUT2D eigenvalue weighted by Crippen LogP contribution is 2.41. The van der Waals surface area contributed by atoms with Gasteiger partial charge in [0.15, 0.2) is 0 Å². The van der Waals surface area contributed by atoms with Gasteiger partial charge in [-0.2, -0.15) is 0 Å². The van der Waals surface area contributed by atoms with Crippen molar-refractivity contribution >= 4 is 11.6 Å². The van der Waals surface area contributed by atoms with Crippen LogP contribution in [-0.4, -0.2) is 13.2 Å². The SMILES string of the molecule is COc1ccccc1C1CC(NCc2ccccc2Cl)C1. The number of methoxy groups -OCH3 is 1. The number of halogens is 1. The number of hydrogen-bond donors (Lipinski definition) is 1. The molecule has 1 N–H and O–H groups in total. The van der Waals surface area contributed by atoms with Gasteiger partial charge in [-0.05, 0) is 42.0 Å². The molecule has 0 saturated heterocycles.